The van der Waals surface area contributed by atoms with Crippen LogP contribution in [0.1, 0.15) is 16.8 Å². The van der Waals surface area contributed by atoms with Gasteiger partial charge in [0.05, 0.1) is 10.2 Å². The maximum absolute atomic E-state index is 9.16. The number of hydrogen-bond donors (Lipinski definition) is 0. The first-order valence-corrected chi connectivity index (χ1v) is 6.09. The summed E-state index contributed by atoms with van der Waals surface area (Å²) in [6.45, 7) is 3.64. The van der Waals surface area contributed by atoms with Crippen molar-refractivity contribution < 1.29 is 4.74 Å². The second kappa shape index (κ2) is 5.15. The highest BCUT2D eigenvalue weighted by Crippen LogP contribution is 2.30. The number of hydrogen-bond acceptors (Lipinski definition) is 4. The molecule has 1 aromatic heterocycles. The molecule has 0 N–H and O–H groups in total. The van der Waals surface area contributed by atoms with Gasteiger partial charge in [0.2, 0.25) is 0 Å². The maximum atomic E-state index is 9.16. The van der Waals surface area contributed by atoms with E-state index < -0.39 is 0 Å². The molecular formula is C13H10BrN3O. The number of ether oxygens (including phenoxy) is 1. The van der Waals surface area contributed by atoms with Crippen molar-refractivity contribution in [2.75, 3.05) is 0 Å². The molecule has 2 rings (SSSR count). The summed E-state index contributed by atoms with van der Waals surface area (Å²) in [6, 6.07) is 9.48. The van der Waals surface area contributed by atoms with Crippen LogP contribution in [-0.4, -0.2) is 10.2 Å². The second-order valence-corrected chi connectivity index (χ2v) is 4.59. The Balaban J connectivity index is 2.45. The van der Waals surface area contributed by atoms with Crippen molar-refractivity contribution in [3.63, 3.8) is 0 Å². The van der Waals surface area contributed by atoms with E-state index in [0.717, 1.165) is 15.7 Å². The van der Waals surface area contributed by atoms with Gasteiger partial charge in [-0.05, 0) is 47.5 Å². The van der Waals surface area contributed by atoms with E-state index in [-0.39, 0.29) is 5.88 Å². The lowest BCUT2D eigenvalue weighted by atomic mass is 10.1. The van der Waals surface area contributed by atoms with Crippen LogP contribution in [0, 0.1) is 25.2 Å². The zero-order chi connectivity index (χ0) is 13.1. The Morgan fingerprint density at radius 1 is 1.22 bits per heavy atom. The lowest BCUT2D eigenvalue weighted by molar-refractivity contribution is 0.449. The van der Waals surface area contributed by atoms with Crippen LogP contribution in [0.5, 0.6) is 11.6 Å². The molecule has 1 aromatic carbocycles. The zero-order valence-corrected chi connectivity index (χ0v) is 11.5. The van der Waals surface area contributed by atoms with Crippen LogP contribution in [0.3, 0.4) is 0 Å². The molecular weight excluding hydrogens is 294 g/mol. The molecule has 0 unspecified atom stereocenters. The van der Waals surface area contributed by atoms with Crippen LogP contribution in [-0.2, 0) is 0 Å². The molecule has 18 heavy (non-hydrogen) atoms. The SMILES string of the molecule is Cc1nnc(Oc2ccccc2Br)c(C#N)c1C. The average Bonchev–Trinajstić information content (AvgIpc) is 2.37. The summed E-state index contributed by atoms with van der Waals surface area (Å²) in [7, 11) is 0. The number of para-hydroxylation sites is 1. The summed E-state index contributed by atoms with van der Waals surface area (Å²) in [6.07, 6.45) is 0. The first kappa shape index (κ1) is 12.5. The molecule has 0 bridgehead atoms. The molecule has 0 saturated heterocycles. The molecule has 0 atom stereocenters. The molecule has 0 spiro atoms. The fourth-order valence-corrected chi connectivity index (χ4v) is 1.79. The fourth-order valence-electron chi connectivity index (χ4n) is 1.42. The van der Waals surface area contributed by atoms with Gasteiger partial charge in [-0.3, -0.25) is 0 Å². The molecule has 4 nitrogen and oxygen atoms in total. The smallest absolute Gasteiger partial charge is 0.257 e. The first-order chi connectivity index (χ1) is 8.63. The minimum atomic E-state index is 0.229. The first-order valence-electron chi connectivity index (χ1n) is 5.30. The average molecular weight is 304 g/mol. The number of nitriles is 1. The molecule has 90 valence electrons. The molecule has 0 saturated carbocycles. The summed E-state index contributed by atoms with van der Waals surface area (Å²) in [5, 5.41) is 17.1. The Bertz CT molecular complexity index is 635. The third kappa shape index (κ3) is 2.34. The predicted octanol–water partition coefficient (Wildman–Crippen LogP) is 3.52. The van der Waals surface area contributed by atoms with E-state index in [2.05, 4.69) is 32.2 Å². The van der Waals surface area contributed by atoms with E-state index in [1.54, 1.807) is 6.07 Å². The van der Waals surface area contributed by atoms with Crippen molar-refractivity contribution >= 4 is 15.9 Å². The minimum absolute atomic E-state index is 0.229. The Hall–Kier alpha value is -1.93. The molecule has 1 heterocycles. The third-order valence-electron chi connectivity index (χ3n) is 2.58. The highest BCUT2D eigenvalue weighted by atomic mass is 79.9. The number of benzene rings is 1. The quantitative estimate of drug-likeness (QED) is 0.851. The number of halogens is 1. The molecule has 0 amide bonds. The van der Waals surface area contributed by atoms with Gasteiger partial charge in [-0.1, -0.05) is 12.1 Å². The van der Waals surface area contributed by atoms with Gasteiger partial charge in [0.25, 0.3) is 5.88 Å². The summed E-state index contributed by atoms with van der Waals surface area (Å²) < 4.78 is 6.42. The molecule has 5 heteroatoms. The van der Waals surface area contributed by atoms with Crippen molar-refractivity contribution in [2.24, 2.45) is 0 Å². The molecule has 0 fully saturated rings. The van der Waals surface area contributed by atoms with Crippen molar-refractivity contribution in [1.29, 1.82) is 5.26 Å². The third-order valence-corrected chi connectivity index (χ3v) is 3.23. The molecule has 0 radical (unpaired) electrons. The van der Waals surface area contributed by atoms with Crippen molar-refractivity contribution in [3.05, 3.63) is 45.6 Å². The standard InChI is InChI=1S/C13H10BrN3O/c1-8-9(2)16-17-13(10(8)7-15)18-12-6-4-3-5-11(12)14/h3-6H,1-2H3. The van der Waals surface area contributed by atoms with Gasteiger partial charge >= 0.3 is 0 Å². The van der Waals surface area contributed by atoms with Gasteiger partial charge in [0, 0.05) is 0 Å². The minimum Gasteiger partial charge on any atom is -0.435 e. The van der Waals surface area contributed by atoms with Crippen molar-refractivity contribution in [2.45, 2.75) is 13.8 Å². The van der Waals surface area contributed by atoms with Gasteiger partial charge in [0.15, 0.2) is 0 Å². The van der Waals surface area contributed by atoms with Crippen LogP contribution in [0.4, 0.5) is 0 Å². The molecule has 0 aliphatic heterocycles. The monoisotopic (exact) mass is 303 g/mol. The van der Waals surface area contributed by atoms with Crippen molar-refractivity contribution in [3.8, 4) is 17.7 Å². The van der Waals surface area contributed by atoms with E-state index in [0.29, 0.717) is 11.3 Å². The summed E-state index contributed by atoms with van der Waals surface area (Å²) in [5.74, 6) is 0.832. The summed E-state index contributed by atoms with van der Waals surface area (Å²) in [4.78, 5) is 0. The van der Waals surface area contributed by atoms with Gasteiger partial charge in [-0.15, -0.1) is 5.10 Å². The van der Waals surface area contributed by atoms with Crippen LogP contribution in [0.15, 0.2) is 28.7 Å². The van der Waals surface area contributed by atoms with E-state index >= 15 is 0 Å². The largest absolute Gasteiger partial charge is 0.435 e. The Kier molecular flexibility index (Phi) is 3.58. The Labute approximate surface area is 113 Å². The zero-order valence-electron chi connectivity index (χ0n) is 9.94. The highest BCUT2D eigenvalue weighted by Gasteiger charge is 2.13. The number of aryl methyl sites for hydroxylation is 1. The highest BCUT2D eigenvalue weighted by molar-refractivity contribution is 9.10. The fraction of sp³-hybridized carbons (Fsp3) is 0.154. The summed E-state index contributed by atoms with van der Waals surface area (Å²) >= 11 is 3.38. The maximum Gasteiger partial charge on any atom is 0.257 e. The predicted molar refractivity (Wildman–Crippen MR) is 70.4 cm³/mol. The van der Waals surface area contributed by atoms with Crippen LogP contribution in [0.25, 0.3) is 0 Å². The van der Waals surface area contributed by atoms with Crippen molar-refractivity contribution in [1.82, 2.24) is 10.2 Å². The summed E-state index contributed by atoms with van der Waals surface area (Å²) in [5.41, 5.74) is 1.93. The van der Waals surface area contributed by atoms with E-state index in [1.165, 1.54) is 0 Å². The van der Waals surface area contributed by atoms with Gasteiger partial charge in [-0.25, -0.2) is 0 Å². The van der Waals surface area contributed by atoms with E-state index in [9.17, 15) is 0 Å². The Morgan fingerprint density at radius 3 is 2.61 bits per heavy atom. The molecule has 2 aromatic rings. The van der Waals surface area contributed by atoms with Gasteiger partial charge in [-0.2, -0.15) is 10.4 Å². The van der Waals surface area contributed by atoms with Crippen LogP contribution >= 0.6 is 15.9 Å². The lowest BCUT2D eigenvalue weighted by Crippen LogP contribution is -2.00. The number of nitrogens with zero attached hydrogens (tertiary/aromatic N) is 3. The number of aromatic nitrogens is 2. The topological polar surface area (TPSA) is 58.8 Å². The number of rotatable bonds is 2. The molecule has 0 aliphatic rings. The van der Waals surface area contributed by atoms with Gasteiger partial charge in [0.1, 0.15) is 17.4 Å². The lowest BCUT2D eigenvalue weighted by Gasteiger charge is -2.09. The van der Waals surface area contributed by atoms with Crippen LogP contribution < -0.4 is 4.74 Å². The van der Waals surface area contributed by atoms with Crippen LogP contribution in [0.2, 0.25) is 0 Å². The Morgan fingerprint density at radius 2 is 1.94 bits per heavy atom. The molecule has 0 aliphatic carbocycles. The van der Waals surface area contributed by atoms with E-state index in [4.69, 9.17) is 10.00 Å². The second-order valence-electron chi connectivity index (χ2n) is 3.73. The van der Waals surface area contributed by atoms with Gasteiger partial charge < -0.3 is 4.74 Å². The normalized spacial score (nSPS) is 9.89. The van der Waals surface area contributed by atoms with E-state index in [1.807, 2.05) is 32.0 Å².